The third-order valence-corrected chi connectivity index (χ3v) is 4.76. The molecular formula is C16H17ClN2. The number of likely N-dealkylation sites (N-methyl/N-ethyl adjacent to an activating group) is 1. The minimum atomic E-state index is 0.484. The number of halogens is 1. The van der Waals surface area contributed by atoms with Crippen molar-refractivity contribution in [1.29, 1.82) is 0 Å². The molecule has 0 bridgehead atoms. The van der Waals surface area contributed by atoms with Crippen molar-refractivity contribution in [3.63, 3.8) is 0 Å². The van der Waals surface area contributed by atoms with E-state index in [1.165, 1.54) is 22.0 Å². The highest BCUT2D eigenvalue weighted by molar-refractivity contribution is 6.36. The second-order valence-corrected chi connectivity index (χ2v) is 6.29. The van der Waals surface area contributed by atoms with Crippen molar-refractivity contribution in [3.05, 3.63) is 41.1 Å². The molecule has 3 heteroatoms. The van der Waals surface area contributed by atoms with Crippen LogP contribution in [0.25, 0.3) is 16.5 Å². The predicted octanol–water partition coefficient (Wildman–Crippen LogP) is 3.64. The molecule has 1 aromatic heterocycles. The summed E-state index contributed by atoms with van der Waals surface area (Å²) in [5.41, 5.74) is 4.14. The fourth-order valence-electron chi connectivity index (χ4n) is 3.68. The molecule has 0 saturated heterocycles. The molecule has 0 radical (unpaired) electrons. The van der Waals surface area contributed by atoms with Gasteiger partial charge in [-0.25, -0.2) is 0 Å². The Morgan fingerprint density at radius 3 is 2.95 bits per heavy atom. The summed E-state index contributed by atoms with van der Waals surface area (Å²) in [7, 11) is 2.23. The molecule has 0 aliphatic carbocycles. The van der Waals surface area contributed by atoms with Crippen molar-refractivity contribution >= 4 is 28.1 Å². The molecule has 3 heterocycles. The van der Waals surface area contributed by atoms with Crippen LogP contribution < -0.4 is 0 Å². The van der Waals surface area contributed by atoms with E-state index >= 15 is 0 Å². The van der Waals surface area contributed by atoms with Gasteiger partial charge in [-0.3, -0.25) is 4.90 Å². The maximum Gasteiger partial charge on any atom is 0.0661 e. The smallest absolute Gasteiger partial charge is 0.0661 e. The number of benzene rings is 1. The van der Waals surface area contributed by atoms with Gasteiger partial charge in [0.2, 0.25) is 0 Å². The van der Waals surface area contributed by atoms with E-state index in [2.05, 4.69) is 53.9 Å². The molecule has 19 heavy (non-hydrogen) atoms. The Kier molecular flexibility index (Phi) is 2.36. The van der Waals surface area contributed by atoms with Crippen LogP contribution >= 0.6 is 11.6 Å². The molecule has 98 valence electrons. The normalized spacial score (nSPS) is 26.4. The lowest BCUT2D eigenvalue weighted by atomic mass is 9.86. The van der Waals surface area contributed by atoms with Gasteiger partial charge in [-0.2, -0.15) is 0 Å². The van der Waals surface area contributed by atoms with Gasteiger partial charge < -0.3 is 4.57 Å². The minimum absolute atomic E-state index is 0.484. The summed E-state index contributed by atoms with van der Waals surface area (Å²) >= 11 is 6.36. The lowest BCUT2D eigenvalue weighted by molar-refractivity contribution is 0.234. The van der Waals surface area contributed by atoms with Crippen LogP contribution in [0, 0.1) is 5.92 Å². The maximum atomic E-state index is 6.36. The van der Waals surface area contributed by atoms with Crippen LogP contribution in [0.1, 0.15) is 12.5 Å². The van der Waals surface area contributed by atoms with Crippen molar-refractivity contribution in [2.45, 2.75) is 19.5 Å². The number of rotatable bonds is 0. The van der Waals surface area contributed by atoms with Crippen molar-refractivity contribution in [2.24, 2.45) is 5.92 Å². The molecule has 0 unspecified atom stereocenters. The Labute approximate surface area is 118 Å². The summed E-state index contributed by atoms with van der Waals surface area (Å²) in [6, 6.07) is 6.96. The van der Waals surface area contributed by atoms with Crippen LogP contribution in [0.2, 0.25) is 5.02 Å². The highest BCUT2D eigenvalue weighted by atomic mass is 35.5. The van der Waals surface area contributed by atoms with Gasteiger partial charge in [-0.15, -0.1) is 0 Å². The van der Waals surface area contributed by atoms with E-state index in [1.807, 2.05) is 0 Å². The largest absolute Gasteiger partial charge is 0.344 e. The van der Waals surface area contributed by atoms with Crippen LogP contribution in [0.4, 0.5) is 0 Å². The fraction of sp³-hybridized carbons (Fsp3) is 0.375. The summed E-state index contributed by atoms with van der Waals surface area (Å²) in [6.45, 7) is 4.43. The van der Waals surface area contributed by atoms with E-state index in [0.29, 0.717) is 12.0 Å². The van der Waals surface area contributed by atoms with E-state index < -0.39 is 0 Å². The number of hydrogen-bond acceptors (Lipinski definition) is 1. The third-order valence-electron chi connectivity index (χ3n) is 4.46. The second kappa shape index (κ2) is 3.87. The molecule has 2 nitrogen and oxygen atoms in total. The molecule has 0 amide bonds. The molecule has 0 N–H and O–H groups in total. The summed E-state index contributed by atoms with van der Waals surface area (Å²) in [5.74, 6) is 0.614. The van der Waals surface area contributed by atoms with Crippen LogP contribution in [0.3, 0.4) is 0 Å². The van der Waals surface area contributed by atoms with Crippen molar-refractivity contribution in [3.8, 4) is 0 Å². The standard InChI is InChI=1S/C16H17ClN2/c1-10-6-13-11-4-3-5-12-14(17)8-19(16(11)12)9-15(13)18(2)7-10/h3-6,8,10,15H,7,9H2,1-2H3/t10-,15-/m0/s1. The summed E-state index contributed by atoms with van der Waals surface area (Å²) in [5, 5.41) is 2.05. The molecule has 2 aliphatic rings. The van der Waals surface area contributed by atoms with Gasteiger partial charge in [-0.05, 0) is 18.5 Å². The first-order chi connectivity index (χ1) is 9.15. The van der Waals surface area contributed by atoms with Gasteiger partial charge >= 0.3 is 0 Å². The number of para-hydroxylation sites is 1. The zero-order valence-corrected chi connectivity index (χ0v) is 12.0. The number of aromatic nitrogens is 1. The fourth-order valence-corrected chi connectivity index (χ4v) is 3.95. The van der Waals surface area contributed by atoms with Crippen LogP contribution in [0.5, 0.6) is 0 Å². The quantitative estimate of drug-likeness (QED) is 0.711. The summed E-state index contributed by atoms with van der Waals surface area (Å²) < 4.78 is 2.32. The Balaban J connectivity index is 2.04. The van der Waals surface area contributed by atoms with Gasteiger partial charge in [0.15, 0.2) is 0 Å². The van der Waals surface area contributed by atoms with Gasteiger partial charge in [0.1, 0.15) is 0 Å². The van der Waals surface area contributed by atoms with Crippen molar-refractivity contribution in [1.82, 2.24) is 9.47 Å². The Morgan fingerprint density at radius 2 is 2.11 bits per heavy atom. The van der Waals surface area contributed by atoms with Gasteiger partial charge in [-0.1, -0.05) is 42.8 Å². The molecule has 2 atom stereocenters. The number of nitrogens with zero attached hydrogens (tertiary/aromatic N) is 2. The summed E-state index contributed by atoms with van der Waals surface area (Å²) in [6.07, 6.45) is 4.53. The Bertz CT molecular complexity index is 698. The SMILES string of the molecule is C[C@H]1C=C2c3cccc4c(Cl)cn(c34)C[C@@H]2N(C)C1. The monoisotopic (exact) mass is 272 g/mol. The van der Waals surface area contributed by atoms with E-state index in [0.717, 1.165) is 18.1 Å². The lowest BCUT2D eigenvalue weighted by Gasteiger charge is -2.39. The second-order valence-electron chi connectivity index (χ2n) is 5.89. The van der Waals surface area contributed by atoms with Crippen molar-refractivity contribution in [2.75, 3.05) is 13.6 Å². The highest BCUT2D eigenvalue weighted by Crippen LogP contribution is 2.40. The number of hydrogen-bond donors (Lipinski definition) is 0. The molecule has 1 aromatic carbocycles. The maximum absolute atomic E-state index is 6.36. The first-order valence-electron chi connectivity index (χ1n) is 6.85. The number of fused-ring (bicyclic) bond motifs is 2. The van der Waals surface area contributed by atoms with Crippen LogP contribution in [0.15, 0.2) is 30.5 Å². The molecule has 0 saturated carbocycles. The van der Waals surface area contributed by atoms with E-state index in [9.17, 15) is 0 Å². The van der Waals surface area contributed by atoms with E-state index in [1.54, 1.807) is 0 Å². The Hall–Kier alpha value is -1.25. The summed E-state index contributed by atoms with van der Waals surface area (Å²) in [4.78, 5) is 2.47. The van der Waals surface area contributed by atoms with Gasteiger partial charge in [0.05, 0.1) is 16.6 Å². The first kappa shape index (κ1) is 11.6. The molecule has 0 spiro atoms. The minimum Gasteiger partial charge on any atom is -0.344 e. The van der Waals surface area contributed by atoms with Crippen LogP contribution in [-0.4, -0.2) is 29.1 Å². The molecule has 2 aromatic rings. The molecule has 2 aliphatic heterocycles. The zero-order chi connectivity index (χ0) is 13.1. The molecular weight excluding hydrogens is 256 g/mol. The molecule has 4 rings (SSSR count). The van der Waals surface area contributed by atoms with E-state index in [-0.39, 0.29) is 0 Å². The first-order valence-corrected chi connectivity index (χ1v) is 7.22. The topological polar surface area (TPSA) is 8.17 Å². The molecule has 0 fully saturated rings. The van der Waals surface area contributed by atoms with E-state index in [4.69, 9.17) is 11.6 Å². The third kappa shape index (κ3) is 1.53. The Morgan fingerprint density at radius 1 is 1.26 bits per heavy atom. The lowest BCUT2D eigenvalue weighted by Crippen LogP contribution is -2.43. The van der Waals surface area contributed by atoms with Gasteiger partial charge in [0.25, 0.3) is 0 Å². The van der Waals surface area contributed by atoms with Crippen LogP contribution in [-0.2, 0) is 6.54 Å². The predicted molar refractivity (Wildman–Crippen MR) is 80.5 cm³/mol. The average Bonchev–Trinajstić information content (AvgIpc) is 2.70. The average molecular weight is 273 g/mol. The van der Waals surface area contributed by atoms with Crippen molar-refractivity contribution < 1.29 is 0 Å². The zero-order valence-electron chi connectivity index (χ0n) is 11.2. The highest BCUT2D eigenvalue weighted by Gasteiger charge is 2.32. The van der Waals surface area contributed by atoms with Gasteiger partial charge in [0, 0.05) is 30.2 Å².